The molecule has 1 amide bonds. The second kappa shape index (κ2) is 7.48. The van der Waals surface area contributed by atoms with Crippen LogP contribution in [0.25, 0.3) is 0 Å². The Morgan fingerprint density at radius 2 is 2.14 bits per heavy atom. The zero-order valence-corrected chi connectivity index (χ0v) is 12.9. The van der Waals surface area contributed by atoms with Gasteiger partial charge >= 0.3 is 5.97 Å². The van der Waals surface area contributed by atoms with Crippen molar-refractivity contribution < 1.29 is 14.7 Å². The maximum Gasteiger partial charge on any atom is 0.317 e. The molecular formula is C13H20N4O3S. The summed E-state index contributed by atoms with van der Waals surface area (Å²) in [4.78, 5) is 30.5. The molecule has 7 nitrogen and oxygen atoms in total. The van der Waals surface area contributed by atoms with Crippen molar-refractivity contribution in [1.82, 2.24) is 14.8 Å². The second-order valence-electron chi connectivity index (χ2n) is 5.24. The Morgan fingerprint density at radius 1 is 1.43 bits per heavy atom. The minimum atomic E-state index is -0.951. The van der Waals surface area contributed by atoms with Gasteiger partial charge in [0.25, 0.3) is 0 Å². The number of amides is 1. The summed E-state index contributed by atoms with van der Waals surface area (Å²) in [5, 5.41) is 13.9. The highest BCUT2D eigenvalue weighted by atomic mass is 32.1. The molecule has 8 heteroatoms. The summed E-state index contributed by atoms with van der Waals surface area (Å²) in [6.45, 7) is 2.92. The molecule has 0 spiro atoms. The number of nitrogens with one attached hydrogen (secondary N) is 1. The maximum absolute atomic E-state index is 11.8. The molecule has 1 aromatic rings. The first kappa shape index (κ1) is 15.9. The Labute approximate surface area is 127 Å². The number of carbonyl (C=O) groups is 2. The molecule has 0 aromatic carbocycles. The lowest BCUT2D eigenvalue weighted by Gasteiger charge is -2.13. The average Bonchev–Trinajstić information content (AvgIpc) is 3.00. The average molecular weight is 312 g/mol. The Bertz CT molecular complexity index is 499. The van der Waals surface area contributed by atoms with Crippen molar-refractivity contribution >= 4 is 28.3 Å². The topological polar surface area (TPSA) is 85.8 Å². The van der Waals surface area contributed by atoms with Gasteiger partial charge in [-0.15, -0.1) is 11.3 Å². The number of carboxylic acid groups (broad SMARTS) is 1. The van der Waals surface area contributed by atoms with Gasteiger partial charge in [0.15, 0.2) is 5.13 Å². The van der Waals surface area contributed by atoms with Crippen LogP contribution in [0.5, 0.6) is 0 Å². The zero-order chi connectivity index (χ0) is 15.2. The summed E-state index contributed by atoms with van der Waals surface area (Å²) in [6, 6.07) is 0. The Hall–Kier alpha value is -1.51. The van der Waals surface area contributed by atoms with Crippen LogP contribution in [0.2, 0.25) is 0 Å². The fourth-order valence-electron chi connectivity index (χ4n) is 2.30. The molecule has 1 aliphatic heterocycles. The van der Waals surface area contributed by atoms with Crippen LogP contribution in [0, 0.1) is 0 Å². The molecule has 2 heterocycles. The summed E-state index contributed by atoms with van der Waals surface area (Å²) in [5.74, 6) is -1.20. The van der Waals surface area contributed by atoms with Gasteiger partial charge in [-0.1, -0.05) is 0 Å². The lowest BCUT2D eigenvalue weighted by atomic mass is 10.4. The van der Waals surface area contributed by atoms with E-state index in [0.29, 0.717) is 5.13 Å². The molecule has 2 rings (SSSR count). The number of rotatable bonds is 7. The zero-order valence-electron chi connectivity index (χ0n) is 12.0. The first-order chi connectivity index (χ1) is 10.0. The Kier molecular flexibility index (Phi) is 5.66. The molecule has 0 radical (unpaired) electrons. The third-order valence-corrected chi connectivity index (χ3v) is 4.01. The van der Waals surface area contributed by atoms with Crippen molar-refractivity contribution in [2.45, 2.75) is 19.4 Å². The number of aromatic nitrogens is 1. The van der Waals surface area contributed by atoms with Crippen molar-refractivity contribution in [3.05, 3.63) is 11.1 Å². The molecule has 0 unspecified atom stereocenters. The second-order valence-corrected chi connectivity index (χ2v) is 6.10. The first-order valence-electron chi connectivity index (χ1n) is 6.90. The summed E-state index contributed by atoms with van der Waals surface area (Å²) >= 11 is 1.40. The van der Waals surface area contributed by atoms with Crippen LogP contribution in [-0.2, 0) is 16.1 Å². The lowest BCUT2D eigenvalue weighted by Crippen LogP contribution is -2.33. The van der Waals surface area contributed by atoms with Gasteiger partial charge in [-0.25, -0.2) is 4.98 Å². The van der Waals surface area contributed by atoms with Crippen LogP contribution in [0.15, 0.2) is 5.38 Å². The molecule has 1 aromatic heterocycles. The highest BCUT2D eigenvalue weighted by Gasteiger charge is 2.15. The van der Waals surface area contributed by atoms with Crippen LogP contribution in [-0.4, -0.2) is 65.0 Å². The number of thiazole rings is 1. The van der Waals surface area contributed by atoms with Crippen LogP contribution >= 0.6 is 11.3 Å². The Balaban J connectivity index is 1.78. The molecule has 0 saturated carbocycles. The van der Waals surface area contributed by atoms with Gasteiger partial charge in [-0.3, -0.25) is 19.4 Å². The number of nitrogens with zero attached hydrogens (tertiary/aromatic N) is 3. The number of anilines is 1. The van der Waals surface area contributed by atoms with Gasteiger partial charge in [0.2, 0.25) is 5.91 Å². The third-order valence-electron chi connectivity index (χ3n) is 3.20. The van der Waals surface area contributed by atoms with Gasteiger partial charge < -0.3 is 10.4 Å². The lowest BCUT2D eigenvalue weighted by molar-refractivity contribution is -0.138. The molecule has 21 heavy (non-hydrogen) atoms. The van der Waals surface area contributed by atoms with Crippen molar-refractivity contribution in [2.75, 3.05) is 38.5 Å². The fourth-order valence-corrected chi connectivity index (χ4v) is 3.02. The number of hydrogen-bond acceptors (Lipinski definition) is 6. The number of likely N-dealkylation sites (N-methyl/N-ethyl adjacent to an activating group) is 1. The normalized spacial score (nSPS) is 15.5. The molecule has 0 bridgehead atoms. The number of carboxylic acids is 1. The molecule has 1 saturated heterocycles. The summed E-state index contributed by atoms with van der Waals surface area (Å²) in [5.41, 5.74) is 0.969. The first-order valence-corrected chi connectivity index (χ1v) is 7.78. The summed E-state index contributed by atoms with van der Waals surface area (Å²) in [6.07, 6.45) is 2.48. The predicted octanol–water partition coefficient (Wildman–Crippen LogP) is 0.694. The number of hydrogen-bond donors (Lipinski definition) is 2. The quantitative estimate of drug-likeness (QED) is 0.770. The van der Waals surface area contributed by atoms with Crippen molar-refractivity contribution in [3.63, 3.8) is 0 Å². The van der Waals surface area contributed by atoms with Gasteiger partial charge in [0.1, 0.15) is 0 Å². The number of aliphatic carboxylic acids is 1. The smallest absolute Gasteiger partial charge is 0.317 e. The van der Waals surface area contributed by atoms with E-state index in [1.54, 1.807) is 7.05 Å². The fraction of sp³-hybridized carbons (Fsp3) is 0.615. The van der Waals surface area contributed by atoms with Crippen molar-refractivity contribution in [3.8, 4) is 0 Å². The third kappa shape index (κ3) is 5.41. The molecule has 0 aliphatic carbocycles. The van der Waals surface area contributed by atoms with E-state index in [1.165, 1.54) is 29.1 Å². The van der Waals surface area contributed by atoms with E-state index >= 15 is 0 Å². The highest BCUT2D eigenvalue weighted by molar-refractivity contribution is 7.13. The highest BCUT2D eigenvalue weighted by Crippen LogP contribution is 2.18. The van der Waals surface area contributed by atoms with Crippen molar-refractivity contribution in [2.24, 2.45) is 0 Å². The Morgan fingerprint density at radius 3 is 2.81 bits per heavy atom. The van der Waals surface area contributed by atoms with Crippen molar-refractivity contribution in [1.29, 1.82) is 0 Å². The van der Waals surface area contributed by atoms with E-state index in [-0.39, 0.29) is 19.0 Å². The van der Waals surface area contributed by atoms with E-state index in [0.717, 1.165) is 25.3 Å². The molecule has 0 atom stereocenters. The van der Waals surface area contributed by atoms with E-state index in [2.05, 4.69) is 15.2 Å². The summed E-state index contributed by atoms with van der Waals surface area (Å²) in [7, 11) is 1.59. The van der Waals surface area contributed by atoms with Gasteiger partial charge in [0, 0.05) is 11.9 Å². The molecule has 2 N–H and O–H groups in total. The van der Waals surface area contributed by atoms with Crippen LogP contribution < -0.4 is 5.32 Å². The van der Waals surface area contributed by atoms with E-state index in [4.69, 9.17) is 5.11 Å². The molecule has 1 fully saturated rings. The molecular weight excluding hydrogens is 292 g/mol. The van der Waals surface area contributed by atoms with E-state index in [1.807, 2.05) is 5.38 Å². The SMILES string of the molecule is CN(CC(=O)O)CC(=O)Nc1nc(CN2CCCC2)cs1. The van der Waals surface area contributed by atoms with E-state index in [9.17, 15) is 9.59 Å². The number of carbonyl (C=O) groups excluding carboxylic acids is 1. The van der Waals surface area contributed by atoms with Gasteiger partial charge in [-0.05, 0) is 33.0 Å². The van der Waals surface area contributed by atoms with Gasteiger partial charge in [0.05, 0.1) is 18.8 Å². The van der Waals surface area contributed by atoms with Gasteiger partial charge in [-0.2, -0.15) is 0 Å². The predicted molar refractivity (Wildman–Crippen MR) is 80.4 cm³/mol. The monoisotopic (exact) mass is 312 g/mol. The minimum absolute atomic E-state index is 0.0351. The van der Waals surface area contributed by atoms with Crippen LogP contribution in [0.1, 0.15) is 18.5 Å². The standard InChI is InChI=1S/C13H20N4O3S/c1-16(8-12(19)20)7-11(18)15-13-14-10(9-21-13)6-17-4-2-3-5-17/h9H,2-8H2,1H3,(H,19,20)(H,14,15,18). The molecule has 116 valence electrons. The molecule has 1 aliphatic rings. The van der Waals surface area contributed by atoms with E-state index < -0.39 is 5.97 Å². The number of likely N-dealkylation sites (tertiary alicyclic amines) is 1. The maximum atomic E-state index is 11.8. The largest absolute Gasteiger partial charge is 0.480 e. The van der Waals surface area contributed by atoms with Crippen LogP contribution in [0.3, 0.4) is 0 Å². The minimum Gasteiger partial charge on any atom is -0.480 e. The summed E-state index contributed by atoms with van der Waals surface area (Å²) < 4.78 is 0. The van der Waals surface area contributed by atoms with Crippen LogP contribution in [0.4, 0.5) is 5.13 Å².